The molecule has 0 radical (unpaired) electrons. The first-order valence-corrected chi connectivity index (χ1v) is 10.7. The molecule has 5 rings (SSSR count). The maximum Gasteiger partial charge on any atom is 0.412 e. The van der Waals surface area contributed by atoms with Gasteiger partial charge < -0.3 is 15.2 Å². The van der Waals surface area contributed by atoms with E-state index >= 15 is 0 Å². The number of nitrogens with one attached hydrogen (secondary N) is 3. The Labute approximate surface area is 198 Å². The summed E-state index contributed by atoms with van der Waals surface area (Å²) < 4.78 is 6.61. The molecular formula is C24H20N6O5. The van der Waals surface area contributed by atoms with Crippen LogP contribution in [0.5, 0.6) is 0 Å². The van der Waals surface area contributed by atoms with Crippen LogP contribution < -0.4 is 10.6 Å². The molecule has 0 bridgehead atoms. The van der Waals surface area contributed by atoms with E-state index in [2.05, 4.69) is 38.1 Å². The fraction of sp³-hybridized carbons (Fsp3) is 0.125. The van der Waals surface area contributed by atoms with Gasteiger partial charge in [0.05, 0.1) is 0 Å². The Morgan fingerprint density at radius 1 is 1.00 bits per heavy atom. The minimum absolute atomic E-state index is 0.0430. The molecule has 35 heavy (non-hydrogen) atoms. The molecule has 0 spiro atoms. The van der Waals surface area contributed by atoms with Gasteiger partial charge in [-0.1, -0.05) is 48.5 Å². The number of aromatic amines is 1. The molecule has 11 heteroatoms. The molecule has 1 aliphatic carbocycles. The van der Waals surface area contributed by atoms with E-state index in [4.69, 9.17) is 9.84 Å². The maximum atomic E-state index is 12.4. The molecule has 176 valence electrons. The fourth-order valence-electron chi connectivity index (χ4n) is 4.15. The lowest BCUT2D eigenvalue weighted by atomic mass is 9.98. The van der Waals surface area contributed by atoms with Crippen LogP contribution in [0.25, 0.3) is 11.1 Å². The second-order valence-electron chi connectivity index (χ2n) is 7.92. The van der Waals surface area contributed by atoms with Crippen LogP contribution in [-0.2, 0) is 11.8 Å². The average Bonchev–Trinajstić information content (AvgIpc) is 3.54. The van der Waals surface area contributed by atoms with E-state index in [1.54, 1.807) is 0 Å². The predicted molar refractivity (Wildman–Crippen MR) is 125 cm³/mol. The molecule has 4 N–H and O–H groups in total. The quantitative estimate of drug-likeness (QED) is 0.335. The number of carbonyl (C=O) groups is 3. The van der Waals surface area contributed by atoms with Crippen molar-refractivity contribution in [2.45, 2.75) is 5.92 Å². The van der Waals surface area contributed by atoms with E-state index < -0.39 is 18.0 Å². The van der Waals surface area contributed by atoms with Crippen molar-refractivity contribution in [1.29, 1.82) is 0 Å². The number of rotatable bonds is 6. The largest absolute Gasteiger partial charge is 0.477 e. The lowest BCUT2D eigenvalue weighted by Gasteiger charge is -2.14. The number of fused-ring (bicyclic) bond motifs is 3. The third-order valence-electron chi connectivity index (χ3n) is 5.74. The van der Waals surface area contributed by atoms with Crippen LogP contribution in [0.2, 0.25) is 0 Å². The van der Waals surface area contributed by atoms with E-state index in [1.165, 1.54) is 19.2 Å². The highest BCUT2D eigenvalue weighted by molar-refractivity contribution is 6.03. The van der Waals surface area contributed by atoms with Gasteiger partial charge >= 0.3 is 12.1 Å². The zero-order chi connectivity index (χ0) is 24.5. The minimum Gasteiger partial charge on any atom is -0.477 e. The summed E-state index contributed by atoms with van der Waals surface area (Å²) in [7, 11) is 1.45. The molecule has 0 atom stereocenters. The third-order valence-corrected chi connectivity index (χ3v) is 5.74. The summed E-state index contributed by atoms with van der Waals surface area (Å²) >= 11 is 0. The molecule has 1 aliphatic rings. The summed E-state index contributed by atoms with van der Waals surface area (Å²) in [5.74, 6) is -1.69. The number of aromatic carboxylic acids is 1. The van der Waals surface area contributed by atoms with Gasteiger partial charge in [0.1, 0.15) is 18.0 Å². The van der Waals surface area contributed by atoms with Crippen LogP contribution in [0.1, 0.15) is 38.0 Å². The van der Waals surface area contributed by atoms with Crippen LogP contribution in [0.4, 0.5) is 16.4 Å². The molecule has 0 saturated heterocycles. The minimum atomic E-state index is -1.17. The second kappa shape index (κ2) is 8.78. The number of nitrogens with zero attached hydrogens (tertiary/aromatic N) is 3. The van der Waals surface area contributed by atoms with Crippen molar-refractivity contribution in [3.05, 3.63) is 83.2 Å². The highest BCUT2D eigenvalue weighted by atomic mass is 16.5. The molecule has 0 unspecified atom stereocenters. The van der Waals surface area contributed by atoms with Crippen LogP contribution >= 0.6 is 0 Å². The average molecular weight is 472 g/mol. The number of anilines is 2. The first-order valence-electron chi connectivity index (χ1n) is 10.7. The molecule has 11 nitrogen and oxygen atoms in total. The topological polar surface area (TPSA) is 151 Å². The van der Waals surface area contributed by atoms with Gasteiger partial charge in [-0.3, -0.25) is 19.9 Å². The summed E-state index contributed by atoms with van der Waals surface area (Å²) in [6.45, 7) is 0.142. The Balaban J connectivity index is 1.20. The van der Waals surface area contributed by atoms with Gasteiger partial charge in [0.25, 0.3) is 5.91 Å². The number of carboxylic acids is 1. The van der Waals surface area contributed by atoms with Gasteiger partial charge in [-0.05, 0) is 22.3 Å². The summed E-state index contributed by atoms with van der Waals surface area (Å²) in [5, 5.41) is 24.4. The highest BCUT2D eigenvalue weighted by Crippen LogP contribution is 2.44. The smallest absolute Gasteiger partial charge is 0.412 e. The van der Waals surface area contributed by atoms with Crippen LogP contribution in [-0.4, -0.2) is 49.7 Å². The van der Waals surface area contributed by atoms with Gasteiger partial charge in [-0.15, -0.1) is 0 Å². The van der Waals surface area contributed by atoms with Crippen molar-refractivity contribution >= 4 is 29.6 Å². The number of carboxylic acid groups (broad SMARTS) is 1. The van der Waals surface area contributed by atoms with Crippen molar-refractivity contribution in [3.63, 3.8) is 0 Å². The van der Waals surface area contributed by atoms with Crippen LogP contribution in [0.3, 0.4) is 0 Å². The highest BCUT2D eigenvalue weighted by Gasteiger charge is 2.29. The van der Waals surface area contributed by atoms with E-state index in [-0.39, 0.29) is 35.5 Å². The zero-order valence-electron chi connectivity index (χ0n) is 18.5. The number of ether oxygens (including phenoxy) is 1. The van der Waals surface area contributed by atoms with Crippen molar-refractivity contribution < 1.29 is 24.2 Å². The lowest BCUT2D eigenvalue weighted by Crippen LogP contribution is -2.18. The monoisotopic (exact) mass is 472 g/mol. The molecule has 2 aromatic carbocycles. The Bertz CT molecular complexity index is 1410. The van der Waals surface area contributed by atoms with E-state index in [0.717, 1.165) is 26.9 Å². The number of aryl methyl sites for hydroxylation is 1. The molecular weight excluding hydrogens is 452 g/mol. The molecule has 2 heterocycles. The first-order chi connectivity index (χ1) is 16.9. The van der Waals surface area contributed by atoms with Crippen molar-refractivity contribution in [3.8, 4) is 11.1 Å². The summed E-state index contributed by atoms with van der Waals surface area (Å²) in [5.41, 5.74) is 4.41. The number of carbonyl (C=O) groups excluding carboxylic acids is 2. The number of aromatic nitrogens is 4. The normalized spacial score (nSPS) is 12.0. The molecule has 4 aromatic rings. The fourth-order valence-corrected chi connectivity index (χ4v) is 4.15. The Morgan fingerprint density at radius 2 is 1.66 bits per heavy atom. The third kappa shape index (κ3) is 4.22. The maximum absolute atomic E-state index is 12.4. The Morgan fingerprint density at radius 3 is 2.29 bits per heavy atom. The molecule has 0 saturated carbocycles. The molecule has 0 fully saturated rings. The summed E-state index contributed by atoms with van der Waals surface area (Å²) in [4.78, 5) is 35.9. The molecule has 0 aliphatic heterocycles. The zero-order valence-corrected chi connectivity index (χ0v) is 18.5. The lowest BCUT2D eigenvalue weighted by molar-refractivity contribution is 0.0684. The van der Waals surface area contributed by atoms with Gasteiger partial charge in [-0.2, -0.15) is 10.2 Å². The van der Waals surface area contributed by atoms with E-state index in [0.29, 0.717) is 0 Å². The van der Waals surface area contributed by atoms with Gasteiger partial charge in [-0.25, -0.2) is 9.59 Å². The predicted octanol–water partition coefficient (Wildman–Crippen LogP) is 3.45. The Kier molecular flexibility index (Phi) is 5.49. The van der Waals surface area contributed by atoms with Crippen LogP contribution in [0, 0.1) is 0 Å². The van der Waals surface area contributed by atoms with Gasteiger partial charge in [0, 0.05) is 25.1 Å². The Hall–Kier alpha value is -4.93. The SMILES string of the molecule is Cn1nc(NC(=O)c2cc(NC(=O)OCC3c4ccccc4-c4ccccc43)n[nH]2)cc1C(=O)O. The van der Waals surface area contributed by atoms with Crippen molar-refractivity contribution in [2.24, 2.45) is 7.05 Å². The number of H-pyrrole nitrogens is 1. The second-order valence-corrected chi connectivity index (χ2v) is 7.92. The first kappa shape index (κ1) is 21.9. The van der Waals surface area contributed by atoms with E-state index in [9.17, 15) is 14.4 Å². The number of hydrogen-bond donors (Lipinski definition) is 4. The number of amides is 2. The molecule has 2 aromatic heterocycles. The van der Waals surface area contributed by atoms with Crippen molar-refractivity contribution in [2.75, 3.05) is 17.2 Å². The molecule has 2 amide bonds. The van der Waals surface area contributed by atoms with Gasteiger partial charge in [0.2, 0.25) is 0 Å². The van der Waals surface area contributed by atoms with E-state index in [1.807, 2.05) is 36.4 Å². The van der Waals surface area contributed by atoms with Crippen LogP contribution in [0.15, 0.2) is 60.7 Å². The summed E-state index contributed by atoms with van der Waals surface area (Å²) in [6, 6.07) is 18.6. The number of benzene rings is 2. The number of hydrogen-bond acceptors (Lipinski definition) is 6. The van der Waals surface area contributed by atoms with Crippen molar-refractivity contribution in [1.82, 2.24) is 20.0 Å². The summed E-state index contributed by atoms with van der Waals surface area (Å²) in [6.07, 6.45) is -0.707. The standard InChI is InChI=1S/C24H20N6O5/c1-30-19(23(32)33)11-21(29-30)25-22(31)18-10-20(28-27-18)26-24(34)35-12-17-15-8-4-2-6-13(15)14-7-3-5-9-16(14)17/h2-11,17H,12H2,1H3,(H,32,33)(H,25,29,31)(H2,26,27,28,34). The van der Waals surface area contributed by atoms with Gasteiger partial charge in [0.15, 0.2) is 11.6 Å².